The fraction of sp³-hybridized carbons (Fsp3) is 0.786. The quantitative estimate of drug-likeness (QED) is 0.499. The highest BCUT2D eigenvalue weighted by Gasteiger charge is 1.98. The molecule has 0 saturated carbocycles. The number of nitrogen functional groups attached to an aromatic ring is 1. The Balaban J connectivity index is 2.03. The first-order chi connectivity index (χ1) is 9.22. The number of aryl methyl sites for hydroxylation is 1. The van der Waals surface area contributed by atoms with Crippen LogP contribution in [0.3, 0.4) is 0 Å². The molecule has 0 amide bonds. The van der Waals surface area contributed by atoms with Gasteiger partial charge in [0.2, 0.25) is 10.7 Å². The van der Waals surface area contributed by atoms with Crippen molar-refractivity contribution in [3.63, 3.8) is 0 Å². The Hall–Kier alpha value is -0.970. The van der Waals surface area contributed by atoms with Gasteiger partial charge in [-0.15, -0.1) is 0 Å². The minimum absolute atomic E-state index is 0.335. The number of rotatable bonds is 10. The van der Waals surface area contributed by atoms with Gasteiger partial charge < -0.3 is 10.7 Å². The molecule has 0 radical (unpaired) electrons. The summed E-state index contributed by atoms with van der Waals surface area (Å²) in [4.78, 5) is 11.0. The van der Waals surface area contributed by atoms with Crippen LogP contribution in [0.2, 0.25) is 0 Å². The molecule has 1 aromatic heterocycles. The number of H-pyrrole nitrogens is 1. The van der Waals surface area contributed by atoms with E-state index in [-0.39, 0.29) is 0 Å². The largest absolute Gasteiger partial charge is 0.369 e. The van der Waals surface area contributed by atoms with Gasteiger partial charge in [-0.25, -0.2) is 4.98 Å². The second-order valence-corrected chi connectivity index (χ2v) is 5.41. The molecule has 0 aliphatic heterocycles. The van der Waals surface area contributed by atoms with Gasteiger partial charge in [0, 0.05) is 6.42 Å². The summed E-state index contributed by atoms with van der Waals surface area (Å²) < 4.78 is 0.335. The molecule has 1 heterocycles. The zero-order valence-electron chi connectivity index (χ0n) is 12.0. The summed E-state index contributed by atoms with van der Waals surface area (Å²) in [6.45, 7) is 2.26. The summed E-state index contributed by atoms with van der Waals surface area (Å²) in [6.07, 6.45) is 12.8. The number of anilines is 1. The van der Waals surface area contributed by atoms with Gasteiger partial charge >= 0.3 is 0 Å². The Bertz CT molecular complexity index is 403. The fourth-order valence-electron chi connectivity index (χ4n) is 2.17. The minimum Gasteiger partial charge on any atom is -0.369 e. The van der Waals surface area contributed by atoms with Crippen molar-refractivity contribution in [3.05, 3.63) is 10.6 Å². The molecule has 19 heavy (non-hydrogen) atoms. The van der Waals surface area contributed by atoms with Crippen LogP contribution in [-0.2, 0) is 6.42 Å². The summed E-state index contributed by atoms with van der Waals surface area (Å²) in [5.41, 5.74) is 5.60. The first-order valence-electron chi connectivity index (χ1n) is 7.45. The SMILES string of the molecule is CCCCCCCCCCCc1nc(=S)nc(N)[nH]1. The molecule has 0 saturated heterocycles. The van der Waals surface area contributed by atoms with Gasteiger partial charge in [-0.05, 0) is 18.6 Å². The number of hydrogen-bond donors (Lipinski definition) is 2. The van der Waals surface area contributed by atoms with E-state index in [2.05, 4.69) is 21.9 Å². The van der Waals surface area contributed by atoms with E-state index in [9.17, 15) is 0 Å². The summed E-state index contributed by atoms with van der Waals surface area (Å²) in [7, 11) is 0. The molecule has 0 bridgehead atoms. The molecular weight excluding hydrogens is 256 g/mol. The Morgan fingerprint density at radius 2 is 1.53 bits per heavy atom. The average Bonchev–Trinajstić information content (AvgIpc) is 2.36. The molecule has 0 atom stereocenters. The first-order valence-corrected chi connectivity index (χ1v) is 7.86. The lowest BCUT2D eigenvalue weighted by atomic mass is 10.1. The Morgan fingerprint density at radius 3 is 2.11 bits per heavy atom. The molecule has 3 N–H and O–H groups in total. The van der Waals surface area contributed by atoms with Crippen LogP contribution in [0.15, 0.2) is 0 Å². The van der Waals surface area contributed by atoms with Gasteiger partial charge in [0.05, 0.1) is 0 Å². The molecule has 1 aromatic rings. The van der Waals surface area contributed by atoms with Crippen LogP contribution < -0.4 is 5.73 Å². The Labute approximate surface area is 121 Å². The first kappa shape index (κ1) is 16.1. The highest BCUT2D eigenvalue weighted by Crippen LogP contribution is 2.10. The van der Waals surface area contributed by atoms with E-state index in [1.807, 2.05) is 0 Å². The summed E-state index contributed by atoms with van der Waals surface area (Å²) in [5, 5.41) is 0. The van der Waals surface area contributed by atoms with Gasteiger partial charge in [-0.1, -0.05) is 58.3 Å². The van der Waals surface area contributed by atoms with Gasteiger partial charge in [0.15, 0.2) is 0 Å². The van der Waals surface area contributed by atoms with Crippen LogP contribution in [-0.4, -0.2) is 15.0 Å². The third-order valence-electron chi connectivity index (χ3n) is 3.24. The third kappa shape index (κ3) is 7.93. The fourth-order valence-corrected chi connectivity index (χ4v) is 2.38. The number of unbranched alkanes of at least 4 members (excludes halogenated alkanes) is 8. The predicted octanol–water partition coefficient (Wildman–Crippen LogP) is 4.19. The molecule has 0 spiro atoms. The molecule has 0 aliphatic carbocycles. The van der Waals surface area contributed by atoms with Gasteiger partial charge in [-0.2, -0.15) is 4.98 Å². The molecule has 0 unspecified atom stereocenters. The standard InChI is InChI=1S/C14H26N4S/c1-2-3-4-5-6-7-8-9-10-11-12-16-13(15)18-14(19)17-12/h2-11H2,1H3,(H3,15,16,17,18,19). The highest BCUT2D eigenvalue weighted by atomic mass is 32.1. The van der Waals surface area contributed by atoms with Gasteiger partial charge in [-0.3, -0.25) is 0 Å². The number of nitrogens with one attached hydrogen (secondary N) is 1. The third-order valence-corrected chi connectivity index (χ3v) is 3.42. The number of hydrogen-bond acceptors (Lipinski definition) is 4. The second kappa shape index (κ2) is 9.89. The van der Waals surface area contributed by atoms with Crippen LogP contribution in [0, 0.1) is 4.77 Å². The van der Waals surface area contributed by atoms with E-state index in [0.717, 1.165) is 18.7 Å². The van der Waals surface area contributed by atoms with E-state index in [4.69, 9.17) is 18.0 Å². The van der Waals surface area contributed by atoms with Gasteiger partial charge in [0.1, 0.15) is 5.82 Å². The summed E-state index contributed by atoms with van der Waals surface area (Å²) in [6, 6.07) is 0. The lowest BCUT2D eigenvalue weighted by molar-refractivity contribution is 0.561. The maximum absolute atomic E-state index is 5.60. The van der Waals surface area contributed by atoms with Crippen molar-refractivity contribution in [2.75, 3.05) is 5.73 Å². The molecular formula is C14H26N4S. The highest BCUT2D eigenvalue weighted by molar-refractivity contribution is 7.71. The van der Waals surface area contributed by atoms with Crippen LogP contribution >= 0.6 is 12.2 Å². The van der Waals surface area contributed by atoms with Crippen LogP contribution in [0.4, 0.5) is 5.95 Å². The maximum Gasteiger partial charge on any atom is 0.224 e. The van der Waals surface area contributed by atoms with Crippen molar-refractivity contribution in [1.82, 2.24) is 15.0 Å². The smallest absolute Gasteiger partial charge is 0.224 e. The zero-order valence-corrected chi connectivity index (χ0v) is 12.8. The van der Waals surface area contributed by atoms with Crippen molar-refractivity contribution in [2.24, 2.45) is 0 Å². The van der Waals surface area contributed by atoms with Crippen LogP contribution in [0.5, 0.6) is 0 Å². The summed E-state index contributed by atoms with van der Waals surface area (Å²) >= 11 is 4.94. The van der Waals surface area contributed by atoms with Gasteiger partial charge in [0.25, 0.3) is 0 Å². The average molecular weight is 282 g/mol. The molecule has 5 heteroatoms. The second-order valence-electron chi connectivity index (χ2n) is 5.04. The molecule has 0 aromatic carbocycles. The Morgan fingerprint density at radius 1 is 0.947 bits per heavy atom. The molecule has 4 nitrogen and oxygen atoms in total. The number of nitrogens with two attached hydrogens (primary N) is 1. The molecule has 1 rings (SSSR count). The van der Waals surface area contributed by atoms with E-state index < -0.39 is 0 Å². The Kier molecular flexibility index (Phi) is 8.38. The van der Waals surface area contributed by atoms with E-state index in [1.165, 1.54) is 51.4 Å². The molecule has 0 fully saturated rings. The monoisotopic (exact) mass is 282 g/mol. The van der Waals surface area contributed by atoms with E-state index >= 15 is 0 Å². The maximum atomic E-state index is 5.60. The normalized spacial score (nSPS) is 10.8. The lowest BCUT2D eigenvalue weighted by Crippen LogP contribution is -2.03. The van der Waals surface area contributed by atoms with Crippen molar-refractivity contribution >= 4 is 18.2 Å². The molecule has 0 aliphatic rings. The van der Waals surface area contributed by atoms with Crippen LogP contribution in [0.25, 0.3) is 0 Å². The van der Waals surface area contributed by atoms with Crippen molar-refractivity contribution in [1.29, 1.82) is 0 Å². The zero-order chi connectivity index (χ0) is 13.9. The summed E-state index contributed by atoms with van der Waals surface area (Å²) in [5.74, 6) is 1.23. The predicted molar refractivity (Wildman–Crippen MR) is 82.6 cm³/mol. The van der Waals surface area contributed by atoms with E-state index in [0.29, 0.717) is 10.7 Å². The molecule has 108 valence electrons. The van der Waals surface area contributed by atoms with Crippen LogP contribution in [0.1, 0.15) is 70.5 Å². The number of nitrogens with zero attached hydrogens (tertiary/aromatic N) is 2. The minimum atomic E-state index is 0.335. The van der Waals surface area contributed by atoms with Crippen molar-refractivity contribution < 1.29 is 0 Å². The lowest BCUT2D eigenvalue weighted by Gasteiger charge is -2.03. The number of aromatic nitrogens is 3. The van der Waals surface area contributed by atoms with E-state index in [1.54, 1.807) is 0 Å². The van der Waals surface area contributed by atoms with Crippen molar-refractivity contribution in [2.45, 2.75) is 71.1 Å². The number of aromatic amines is 1. The topological polar surface area (TPSA) is 67.6 Å². The van der Waals surface area contributed by atoms with Crippen molar-refractivity contribution in [3.8, 4) is 0 Å².